The van der Waals surface area contributed by atoms with E-state index >= 15 is 0 Å². The van der Waals surface area contributed by atoms with Crippen molar-refractivity contribution >= 4 is 14.6 Å². The lowest BCUT2D eigenvalue weighted by molar-refractivity contribution is 0.450. The molecule has 0 saturated carbocycles. The summed E-state index contributed by atoms with van der Waals surface area (Å²) in [6, 6.07) is 6.22. The van der Waals surface area contributed by atoms with E-state index in [4.69, 9.17) is 8.85 Å². The lowest BCUT2D eigenvalue weighted by atomic mass is 10.1. The number of hydrogen-bond acceptors (Lipinski definition) is 2. The zero-order valence-electron chi connectivity index (χ0n) is 9.75. The van der Waals surface area contributed by atoms with Crippen LogP contribution in [0.1, 0.15) is 25.0 Å². The van der Waals surface area contributed by atoms with Gasteiger partial charge in [0.05, 0.1) is 0 Å². The Kier molecular flexibility index (Phi) is 2.11. The van der Waals surface area contributed by atoms with E-state index in [1.165, 1.54) is 11.1 Å². The molecule has 0 N–H and O–H groups in total. The van der Waals surface area contributed by atoms with Crippen LogP contribution in [0, 0.1) is 0 Å². The third-order valence-electron chi connectivity index (χ3n) is 3.54. The van der Waals surface area contributed by atoms with Crippen LogP contribution in [0.25, 0.3) is 6.08 Å². The highest BCUT2D eigenvalue weighted by molar-refractivity contribution is 6.69. The standard InChI is InChI=1S/C13H16O2Si/c1-3-16(4-2)14-12-9-8-10-6-5-7-11(10)13(12)15-16/h5-6,8-9H,3-4,7H2,1-2H3. The molecule has 0 radical (unpaired) electrons. The Bertz CT molecular complexity index is 461. The second-order valence-corrected chi connectivity index (χ2v) is 8.03. The van der Waals surface area contributed by atoms with E-state index in [1.54, 1.807) is 0 Å². The van der Waals surface area contributed by atoms with Crippen LogP contribution in [0.15, 0.2) is 18.2 Å². The smallest absolute Gasteiger partial charge is 0.460 e. The van der Waals surface area contributed by atoms with Gasteiger partial charge in [0, 0.05) is 17.7 Å². The Morgan fingerprint density at radius 1 is 1.19 bits per heavy atom. The first-order valence-corrected chi connectivity index (χ1v) is 8.21. The lowest BCUT2D eigenvalue weighted by Gasteiger charge is -2.20. The van der Waals surface area contributed by atoms with Gasteiger partial charge in [-0.2, -0.15) is 0 Å². The maximum absolute atomic E-state index is 6.21. The summed E-state index contributed by atoms with van der Waals surface area (Å²) in [4.78, 5) is 0. The highest BCUT2D eigenvalue weighted by Gasteiger charge is 2.45. The highest BCUT2D eigenvalue weighted by Crippen LogP contribution is 2.45. The summed E-state index contributed by atoms with van der Waals surface area (Å²) in [6.07, 6.45) is 5.34. The van der Waals surface area contributed by atoms with Gasteiger partial charge in [-0.1, -0.05) is 32.1 Å². The molecule has 0 bridgehead atoms. The summed E-state index contributed by atoms with van der Waals surface area (Å²) in [6.45, 7) is 4.33. The molecule has 84 valence electrons. The maximum Gasteiger partial charge on any atom is 0.460 e. The average Bonchev–Trinajstić information content (AvgIpc) is 2.92. The quantitative estimate of drug-likeness (QED) is 0.726. The molecule has 1 aliphatic heterocycles. The fourth-order valence-electron chi connectivity index (χ4n) is 2.43. The van der Waals surface area contributed by atoms with Crippen LogP contribution in [-0.4, -0.2) is 8.56 Å². The van der Waals surface area contributed by atoms with Crippen LogP contribution in [0.2, 0.25) is 12.1 Å². The Morgan fingerprint density at radius 3 is 2.75 bits per heavy atom. The molecule has 3 heteroatoms. The molecule has 2 aliphatic rings. The molecule has 1 heterocycles. The van der Waals surface area contributed by atoms with Gasteiger partial charge in [-0.05, 0) is 18.1 Å². The first-order valence-electron chi connectivity index (χ1n) is 5.98. The van der Waals surface area contributed by atoms with Crippen molar-refractivity contribution in [2.24, 2.45) is 0 Å². The molecule has 1 aromatic carbocycles. The van der Waals surface area contributed by atoms with Crippen LogP contribution in [0.4, 0.5) is 0 Å². The fourth-order valence-corrected chi connectivity index (χ4v) is 4.71. The summed E-state index contributed by atoms with van der Waals surface area (Å²) in [5.74, 6) is 2.00. The molecule has 2 nitrogen and oxygen atoms in total. The van der Waals surface area contributed by atoms with Gasteiger partial charge in [0.15, 0.2) is 5.75 Å². The monoisotopic (exact) mass is 232 g/mol. The van der Waals surface area contributed by atoms with E-state index in [0.29, 0.717) is 0 Å². The lowest BCUT2D eigenvalue weighted by Crippen LogP contribution is -2.43. The molecule has 1 aliphatic carbocycles. The molecule has 0 saturated heterocycles. The first kappa shape index (κ1) is 9.96. The molecule has 0 amide bonds. The Labute approximate surface area is 97.1 Å². The van der Waals surface area contributed by atoms with Gasteiger partial charge in [0.1, 0.15) is 5.75 Å². The number of fused-ring (bicyclic) bond motifs is 3. The van der Waals surface area contributed by atoms with Gasteiger partial charge in [-0.25, -0.2) is 0 Å². The number of benzene rings is 1. The molecule has 0 unspecified atom stereocenters. The predicted molar refractivity (Wildman–Crippen MR) is 67.2 cm³/mol. The normalized spacial score (nSPS) is 18.9. The molecule has 0 fully saturated rings. The molecule has 0 spiro atoms. The van der Waals surface area contributed by atoms with Gasteiger partial charge < -0.3 is 8.85 Å². The molecule has 0 atom stereocenters. The van der Waals surface area contributed by atoms with Crippen LogP contribution in [-0.2, 0) is 6.42 Å². The number of hydrogen-bond donors (Lipinski definition) is 0. The van der Waals surface area contributed by atoms with E-state index in [2.05, 4.69) is 38.1 Å². The van der Waals surface area contributed by atoms with E-state index in [1.807, 2.05) is 0 Å². The van der Waals surface area contributed by atoms with Gasteiger partial charge in [-0.15, -0.1) is 0 Å². The van der Waals surface area contributed by atoms with Gasteiger partial charge in [-0.3, -0.25) is 0 Å². The van der Waals surface area contributed by atoms with E-state index < -0.39 is 8.56 Å². The van der Waals surface area contributed by atoms with Gasteiger partial charge in [0.25, 0.3) is 0 Å². The van der Waals surface area contributed by atoms with E-state index in [-0.39, 0.29) is 0 Å². The third-order valence-corrected chi connectivity index (χ3v) is 6.86. The van der Waals surface area contributed by atoms with Crippen molar-refractivity contribution in [1.29, 1.82) is 0 Å². The summed E-state index contributed by atoms with van der Waals surface area (Å²) in [5.41, 5.74) is 2.60. The third kappa shape index (κ3) is 1.24. The molecule has 3 rings (SSSR count). The topological polar surface area (TPSA) is 18.5 Å². The van der Waals surface area contributed by atoms with Crippen molar-refractivity contribution in [1.82, 2.24) is 0 Å². The van der Waals surface area contributed by atoms with Crippen LogP contribution in [0.5, 0.6) is 11.5 Å². The van der Waals surface area contributed by atoms with Crippen LogP contribution < -0.4 is 8.85 Å². The summed E-state index contributed by atoms with van der Waals surface area (Å²) < 4.78 is 12.3. The Hall–Kier alpha value is -1.22. The maximum atomic E-state index is 6.21. The van der Waals surface area contributed by atoms with Crippen molar-refractivity contribution < 1.29 is 8.85 Å². The zero-order valence-corrected chi connectivity index (χ0v) is 10.7. The van der Waals surface area contributed by atoms with Gasteiger partial charge >= 0.3 is 8.56 Å². The zero-order chi connectivity index (χ0) is 11.2. The molecule has 1 aromatic rings. The minimum absolute atomic E-state index is 0.970. The molecule has 16 heavy (non-hydrogen) atoms. The van der Waals surface area contributed by atoms with Crippen molar-refractivity contribution in [2.75, 3.05) is 0 Å². The van der Waals surface area contributed by atoms with E-state index in [9.17, 15) is 0 Å². The first-order chi connectivity index (χ1) is 7.78. The molecular formula is C13H16O2Si. The summed E-state index contributed by atoms with van der Waals surface area (Å²) >= 11 is 0. The Balaban J connectivity index is 2.05. The van der Waals surface area contributed by atoms with E-state index in [0.717, 1.165) is 30.0 Å². The summed E-state index contributed by atoms with van der Waals surface area (Å²) in [5, 5.41) is 0. The average molecular weight is 232 g/mol. The minimum atomic E-state index is -1.96. The van der Waals surface area contributed by atoms with Gasteiger partial charge in [0.2, 0.25) is 0 Å². The Morgan fingerprint density at radius 2 is 2.00 bits per heavy atom. The second-order valence-electron chi connectivity index (χ2n) is 4.39. The minimum Gasteiger partial charge on any atom is -0.509 e. The van der Waals surface area contributed by atoms with Crippen molar-refractivity contribution in [3.63, 3.8) is 0 Å². The number of allylic oxidation sites excluding steroid dienone is 1. The van der Waals surface area contributed by atoms with Crippen LogP contribution in [0.3, 0.4) is 0 Å². The van der Waals surface area contributed by atoms with Crippen molar-refractivity contribution in [2.45, 2.75) is 32.4 Å². The van der Waals surface area contributed by atoms with Crippen molar-refractivity contribution in [3.8, 4) is 11.5 Å². The fraction of sp³-hybridized carbons (Fsp3) is 0.385. The highest BCUT2D eigenvalue weighted by atomic mass is 28.4. The molecule has 0 aromatic heterocycles. The van der Waals surface area contributed by atoms with Crippen molar-refractivity contribution in [3.05, 3.63) is 29.3 Å². The molecular weight excluding hydrogens is 216 g/mol. The summed E-state index contributed by atoms with van der Waals surface area (Å²) in [7, 11) is -1.96. The second kappa shape index (κ2) is 3.38. The number of rotatable bonds is 2. The van der Waals surface area contributed by atoms with Crippen LogP contribution >= 0.6 is 0 Å². The predicted octanol–water partition coefficient (Wildman–Crippen LogP) is 3.51. The largest absolute Gasteiger partial charge is 0.509 e. The SMILES string of the molecule is CC[Si]1(CC)Oc2ccc3c(c2O1)CC=C3.